The lowest BCUT2D eigenvalue weighted by molar-refractivity contribution is 0.103. The molecule has 2 heterocycles. The van der Waals surface area contributed by atoms with Crippen LogP contribution in [0.1, 0.15) is 21.9 Å². The molecule has 1 N–H and O–H groups in total. The fourth-order valence-electron chi connectivity index (χ4n) is 1.95. The van der Waals surface area contributed by atoms with Crippen molar-refractivity contribution in [2.75, 3.05) is 14.1 Å². The van der Waals surface area contributed by atoms with E-state index >= 15 is 0 Å². The van der Waals surface area contributed by atoms with Crippen LogP contribution in [-0.2, 0) is 0 Å². The molecule has 0 spiro atoms. The molecule has 6 nitrogen and oxygen atoms in total. The number of H-pyrrole nitrogens is 1. The Morgan fingerprint density at radius 3 is 3.04 bits per heavy atom. The quantitative estimate of drug-likeness (QED) is 0.454. The molecule has 0 saturated heterocycles. The number of allylic oxidation sites excluding steroid dienone is 1. The summed E-state index contributed by atoms with van der Waals surface area (Å²) >= 11 is 0. The summed E-state index contributed by atoms with van der Waals surface area (Å²) in [4.78, 5) is 21.9. The molecule has 0 bridgehead atoms. The maximum Gasteiger partial charge on any atom is 0.224 e. The second-order valence-electron chi connectivity index (χ2n) is 5.28. The van der Waals surface area contributed by atoms with Crippen molar-refractivity contribution in [2.45, 2.75) is 0 Å². The summed E-state index contributed by atoms with van der Waals surface area (Å²) in [6.07, 6.45) is 6.19. The first kappa shape index (κ1) is 14.2. The summed E-state index contributed by atoms with van der Waals surface area (Å²) in [5, 5.41) is 5.79. The minimum atomic E-state index is -0.276. The topological polar surface area (TPSA) is 74.8 Å². The summed E-state index contributed by atoms with van der Waals surface area (Å²) in [5.74, 6) is 5.76. The zero-order valence-corrected chi connectivity index (χ0v) is 13.3. The van der Waals surface area contributed by atoms with Gasteiger partial charge < -0.3 is 4.90 Å². The van der Waals surface area contributed by atoms with Gasteiger partial charge in [-0.05, 0) is 30.2 Å². The van der Waals surface area contributed by atoms with Gasteiger partial charge in [-0.1, -0.05) is 5.92 Å². The van der Waals surface area contributed by atoms with Crippen LogP contribution in [0.25, 0.3) is 10.9 Å². The Bertz CT molecular complexity index is 1030. The van der Waals surface area contributed by atoms with Crippen LogP contribution in [-0.4, -0.2) is 44.9 Å². The van der Waals surface area contributed by atoms with E-state index in [1.54, 1.807) is 29.4 Å². The standard InChI is InChI=1S/C18H15N5O/c1-23(2)10-8-17(24)18-19-9-7-15(21-18)5-3-13-4-6-16-14(11-13)12-20-22-16/h4,6-12H,1-2H3,(H,20,22)/i/hD. The lowest BCUT2D eigenvalue weighted by Crippen LogP contribution is -2.06. The van der Waals surface area contributed by atoms with Crippen LogP contribution in [0.5, 0.6) is 0 Å². The Morgan fingerprint density at radius 2 is 2.21 bits per heavy atom. The minimum Gasteiger partial charge on any atom is -0.383 e. The molecule has 0 saturated carbocycles. The van der Waals surface area contributed by atoms with Gasteiger partial charge in [-0.3, -0.25) is 9.89 Å². The highest BCUT2D eigenvalue weighted by Gasteiger charge is 2.05. The number of rotatable bonds is 3. The first-order valence-corrected chi connectivity index (χ1v) is 7.24. The van der Waals surface area contributed by atoms with E-state index in [1.165, 1.54) is 12.3 Å². The number of nitrogens with zero attached hydrogens (tertiary/aromatic N) is 4. The van der Waals surface area contributed by atoms with Gasteiger partial charge in [0.2, 0.25) is 11.6 Å². The molecule has 0 aliphatic carbocycles. The van der Waals surface area contributed by atoms with Crippen molar-refractivity contribution in [3.05, 3.63) is 66.0 Å². The van der Waals surface area contributed by atoms with Gasteiger partial charge in [-0.15, -0.1) is 0 Å². The van der Waals surface area contributed by atoms with Crippen molar-refractivity contribution < 1.29 is 6.21 Å². The summed E-state index contributed by atoms with van der Waals surface area (Å²) in [5.41, 5.74) is 1.96. The third kappa shape index (κ3) is 3.65. The van der Waals surface area contributed by atoms with Gasteiger partial charge in [-0.2, -0.15) is 5.10 Å². The largest absolute Gasteiger partial charge is 0.383 e. The van der Waals surface area contributed by atoms with Gasteiger partial charge >= 0.3 is 0 Å². The van der Waals surface area contributed by atoms with Crippen LogP contribution in [0.2, 0.25) is 1.41 Å². The summed E-state index contributed by atoms with van der Waals surface area (Å²) in [6.45, 7) is 0. The number of ketones is 1. The molecular formula is C18H15N5O. The number of aromatic amines is 1. The van der Waals surface area contributed by atoms with Crippen LogP contribution in [0.3, 0.4) is 0 Å². The first-order valence-electron chi connectivity index (χ1n) is 7.69. The Hall–Kier alpha value is -3.46. The number of aromatic nitrogens is 4. The molecule has 0 fully saturated rings. The second kappa shape index (κ2) is 6.75. The van der Waals surface area contributed by atoms with E-state index in [2.05, 4.69) is 26.9 Å². The molecule has 0 atom stereocenters. The molecule has 118 valence electrons. The number of hydrogen-bond donors (Lipinski definition) is 1. The molecule has 24 heavy (non-hydrogen) atoms. The molecule has 3 aromatic rings. The number of carbonyl (C=O) groups is 1. The Kier molecular flexibility index (Phi) is 3.98. The predicted octanol–water partition coefficient (Wildman–Crippen LogP) is 2.01. The van der Waals surface area contributed by atoms with Gasteiger partial charge in [0.1, 0.15) is 5.69 Å². The molecule has 0 aliphatic heterocycles. The van der Waals surface area contributed by atoms with Crippen molar-refractivity contribution in [3.63, 3.8) is 0 Å². The van der Waals surface area contributed by atoms with E-state index in [0.29, 0.717) is 11.2 Å². The third-order valence-electron chi connectivity index (χ3n) is 3.12. The van der Waals surface area contributed by atoms with E-state index in [1.807, 2.05) is 26.2 Å². The number of nitrogens with one attached hydrogen (secondary N) is 1. The normalized spacial score (nSPS) is 11.2. The van der Waals surface area contributed by atoms with Crippen LogP contribution >= 0.6 is 0 Å². The van der Waals surface area contributed by atoms with Crippen molar-refractivity contribution in [1.29, 1.82) is 0 Å². The zero-order valence-electron chi connectivity index (χ0n) is 14.3. The number of benzene rings is 1. The Balaban J connectivity index is 1.84. The number of fused-ring (bicyclic) bond motifs is 1. The summed E-state index contributed by atoms with van der Waals surface area (Å²) in [6, 6.07) is 7.11. The van der Waals surface area contributed by atoms with E-state index in [4.69, 9.17) is 1.41 Å². The maximum absolute atomic E-state index is 12.0. The van der Waals surface area contributed by atoms with Crippen molar-refractivity contribution in [3.8, 4) is 11.8 Å². The van der Waals surface area contributed by atoms with Crippen molar-refractivity contribution in [1.82, 2.24) is 25.1 Å². The molecule has 6 heteroatoms. The number of hydrogen-bond acceptors (Lipinski definition) is 5. The smallest absolute Gasteiger partial charge is 0.224 e. The molecule has 3 rings (SSSR count). The Labute approximate surface area is 140 Å². The fourth-order valence-corrected chi connectivity index (χ4v) is 1.95. The van der Waals surface area contributed by atoms with E-state index in [9.17, 15) is 4.79 Å². The minimum absolute atomic E-state index is 0.107. The molecule has 0 radical (unpaired) electrons. The van der Waals surface area contributed by atoms with Gasteiger partial charge in [0.05, 0.1) is 11.7 Å². The fraction of sp³-hybridized carbons (Fsp3) is 0.111. The van der Waals surface area contributed by atoms with Crippen LogP contribution in [0.4, 0.5) is 0 Å². The van der Waals surface area contributed by atoms with Crippen LogP contribution in [0, 0.1) is 11.8 Å². The van der Waals surface area contributed by atoms with Gasteiger partial charge in [0, 0.05) is 43.5 Å². The molecule has 2 aromatic heterocycles. The zero-order chi connectivity index (χ0) is 17.8. The van der Waals surface area contributed by atoms with E-state index in [-0.39, 0.29) is 11.6 Å². The summed E-state index contributed by atoms with van der Waals surface area (Å²) in [7, 11) is 3.65. The van der Waals surface area contributed by atoms with E-state index in [0.717, 1.165) is 16.0 Å². The molecule has 0 amide bonds. The first-order chi connectivity index (χ1) is 12.0. The van der Waals surface area contributed by atoms with Crippen molar-refractivity contribution in [2.24, 2.45) is 0 Å². The highest BCUT2D eigenvalue weighted by atomic mass is 16.1. The van der Waals surface area contributed by atoms with Gasteiger partial charge in [0.15, 0.2) is 1.41 Å². The number of carbonyl (C=O) groups excluding carboxylic acids is 1. The van der Waals surface area contributed by atoms with Crippen LogP contribution in [0.15, 0.2) is 48.9 Å². The summed E-state index contributed by atoms with van der Waals surface area (Å²) < 4.78 is 7.59. The average Bonchev–Trinajstić information content (AvgIpc) is 2.98. The monoisotopic (exact) mass is 318 g/mol. The highest BCUT2D eigenvalue weighted by molar-refractivity contribution is 6.01. The average molecular weight is 318 g/mol. The highest BCUT2D eigenvalue weighted by Crippen LogP contribution is 2.12. The SMILES string of the molecule is [2H]n1ncc2cc(C#Cc3ccnc(C(=O)C=CN(C)C)n3)ccc21. The van der Waals surface area contributed by atoms with E-state index < -0.39 is 0 Å². The second-order valence-corrected chi connectivity index (χ2v) is 5.28. The predicted molar refractivity (Wildman–Crippen MR) is 91.3 cm³/mol. The molecule has 1 aromatic carbocycles. The lowest BCUT2D eigenvalue weighted by atomic mass is 10.1. The van der Waals surface area contributed by atoms with Gasteiger partial charge in [-0.25, -0.2) is 9.97 Å². The third-order valence-corrected chi connectivity index (χ3v) is 3.12. The molecule has 0 aliphatic rings. The van der Waals surface area contributed by atoms with Crippen LogP contribution < -0.4 is 0 Å². The van der Waals surface area contributed by atoms with Crippen molar-refractivity contribution >= 4 is 16.7 Å². The lowest BCUT2D eigenvalue weighted by Gasteiger charge is -2.02. The molecular weight excluding hydrogens is 302 g/mol. The Morgan fingerprint density at radius 1 is 1.33 bits per heavy atom. The molecule has 0 unspecified atom stereocenters. The maximum atomic E-state index is 12.0. The van der Waals surface area contributed by atoms with Gasteiger partial charge in [0.25, 0.3) is 0 Å².